The average molecular weight is 515 g/mol. The Kier molecular flexibility index (Phi) is 8.98. The van der Waals surface area contributed by atoms with Crippen molar-refractivity contribution in [2.24, 2.45) is 34.5 Å². The van der Waals surface area contributed by atoms with Crippen LogP contribution in [0.4, 0.5) is 0 Å². The van der Waals surface area contributed by atoms with Gasteiger partial charge in [-0.3, -0.25) is 9.59 Å². The van der Waals surface area contributed by atoms with Crippen LogP contribution in [0.25, 0.3) is 0 Å². The zero-order valence-electron chi connectivity index (χ0n) is 23.0. The molecule has 0 spiro atoms. The van der Waals surface area contributed by atoms with Crippen molar-refractivity contribution in [1.29, 1.82) is 0 Å². The number of ketones is 1. The largest absolute Gasteiger partial charge is 0.463 e. The number of unbranched alkanes of at least 4 members (excludes halogenated alkanes) is 3. The summed E-state index contributed by atoms with van der Waals surface area (Å²) in [6.07, 6.45) is 16.4. The van der Waals surface area contributed by atoms with Gasteiger partial charge in [-0.1, -0.05) is 31.9 Å². The van der Waals surface area contributed by atoms with Gasteiger partial charge in [-0.2, -0.15) is 0 Å². The number of rotatable bonds is 10. The van der Waals surface area contributed by atoms with E-state index in [4.69, 9.17) is 14.6 Å². The number of carbonyl (C=O) groups excluding carboxylic acids is 3. The van der Waals surface area contributed by atoms with Gasteiger partial charge >= 0.3 is 11.9 Å². The minimum atomic E-state index is -0.296. The molecule has 0 unspecified atom stereocenters. The van der Waals surface area contributed by atoms with E-state index in [2.05, 4.69) is 13.8 Å². The second-order valence-electron chi connectivity index (χ2n) is 12.5. The number of carbonyl (C=O) groups is 3. The molecule has 0 amide bonds. The van der Waals surface area contributed by atoms with Crippen molar-refractivity contribution < 1.29 is 29.0 Å². The lowest BCUT2D eigenvalue weighted by molar-refractivity contribution is -0.158. The van der Waals surface area contributed by atoms with Gasteiger partial charge in [0.1, 0.15) is 6.10 Å². The van der Waals surface area contributed by atoms with Gasteiger partial charge in [0.2, 0.25) is 0 Å². The molecular formula is C31H46O6. The summed E-state index contributed by atoms with van der Waals surface area (Å²) < 4.78 is 11.2. The highest BCUT2D eigenvalue weighted by molar-refractivity contribution is 5.91. The van der Waals surface area contributed by atoms with Gasteiger partial charge in [0, 0.05) is 31.4 Å². The topological polar surface area (TPSA) is 89.9 Å². The first-order chi connectivity index (χ1) is 17.7. The van der Waals surface area contributed by atoms with E-state index in [1.54, 1.807) is 6.08 Å². The van der Waals surface area contributed by atoms with Gasteiger partial charge in [0.15, 0.2) is 5.78 Å². The predicted molar refractivity (Wildman–Crippen MR) is 141 cm³/mol. The van der Waals surface area contributed by atoms with E-state index in [0.29, 0.717) is 36.7 Å². The van der Waals surface area contributed by atoms with Crippen LogP contribution in [-0.4, -0.2) is 42.1 Å². The summed E-state index contributed by atoms with van der Waals surface area (Å²) in [5.74, 6) is 1.61. The third-order valence-corrected chi connectivity index (χ3v) is 10.3. The molecule has 0 aromatic rings. The minimum Gasteiger partial charge on any atom is -0.463 e. The number of aliphatic hydroxyl groups is 1. The fourth-order valence-corrected chi connectivity index (χ4v) is 8.42. The molecule has 7 atom stereocenters. The Hall–Kier alpha value is -1.95. The van der Waals surface area contributed by atoms with Crippen LogP contribution >= 0.6 is 0 Å². The van der Waals surface area contributed by atoms with Crippen LogP contribution in [-0.2, 0) is 23.9 Å². The quantitative estimate of drug-likeness (QED) is 0.228. The molecule has 3 fully saturated rings. The summed E-state index contributed by atoms with van der Waals surface area (Å²) in [7, 11) is 0. The molecule has 4 aliphatic carbocycles. The maximum absolute atomic E-state index is 12.4. The van der Waals surface area contributed by atoms with Crippen LogP contribution in [0.15, 0.2) is 23.8 Å². The number of hydrogen-bond acceptors (Lipinski definition) is 6. The summed E-state index contributed by atoms with van der Waals surface area (Å²) in [6, 6.07) is 0. The standard InChI is InChI=1S/C31H46O6/c1-21(33)37-27-12-11-25-29-22(9-8-10-28(35)36-18-7-5-4-6-17-32)19-23-20-24(34)13-15-30(23,2)26(29)14-16-31(25,27)3/h8,10,20,22,25-27,29,32H,4-7,9,11-19H2,1-3H3/b10-8+/t22-,25+,26+,27+,29+,30+,31+/m1/s1. The molecule has 4 aliphatic rings. The van der Waals surface area contributed by atoms with E-state index in [-0.39, 0.29) is 41.3 Å². The summed E-state index contributed by atoms with van der Waals surface area (Å²) in [6.45, 7) is 6.85. The van der Waals surface area contributed by atoms with Crippen LogP contribution < -0.4 is 0 Å². The summed E-state index contributed by atoms with van der Waals surface area (Å²) in [5.41, 5.74) is 1.37. The van der Waals surface area contributed by atoms with Crippen molar-refractivity contribution in [2.75, 3.05) is 13.2 Å². The molecule has 0 aliphatic heterocycles. The smallest absolute Gasteiger partial charge is 0.330 e. The molecule has 6 heteroatoms. The number of aliphatic hydroxyl groups excluding tert-OH is 1. The van der Waals surface area contributed by atoms with Crippen LogP contribution in [0.1, 0.15) is 97.8 Å². The highest BCUT2D eigenvalue weighted by Gasteiger charge is 2.61. The lowest BCUT2D eigenvalue weighted by atomic mass is 9.44. The van der Waals surface area contributed by atoms with Crippen LogP contribution in [0, 0.1) is 34.5 Å². The molecular weight excluding hydrogens is 468 g/mol. The van der Waals surface area contributed by atoms with Crippen molar-refractivity contribution in [1.82, 2.24) is 0 Å². The molecule has 0 radical (unpaired) electrons. The summed E-state index contributed by atoms with van der Waals surface area (Å²) >= 11 is 0. The fraction of sp³-hybridized carbons (Fsp3) is 0.774. The third kappa shape index (κ3) is 5.89. The van der Waals surface area contributed by atoms with Crippen LogP contribution in [0.2, 0.25) is 0 Å². The molecule has 37 heavy (non-hydrogen) atoms. The Morgan fingerprint density at radius 3 is 2.62 bits per heavy atom. The molecule has 0 heterocycles. The Morgan fingerprint density at radius 1 is 1.08 bits per heavy atom. The zero-order chi connectivity index (χ0) is 26.6. The van der Waals surface area contributed by atoms with E-state index in [1.807, 2.05) is 12.2 Å². The lowest BCUT2D eigenvalue weighted by Gasteiger charge is -2.60. The molecule has 0 saturated heterocycles. The van der Waals surface area contributed by atoms with Crippen molar-refractivity contribution in [2.45, 2.75) is 104 Å². The molecule has 3 saturated carbocycles. The van der Waals surface area contributed by atoms with Crippen molar-refractivity contribution in [3.05, 3.63) is 23.8 Å². The van der Waals surface area contributed by atoms with Gasteiger partial charge in [0.05, 0.1) is 6.61 Å². The van der Waals surface area contributed by atoms with Gasteiger partial charge in [-0.05, 0) is 99.4 Å². The summed E-state index contributed by atoms with van der Waals surface area (Å²) in [5, 5.41) is 8.86. The first kappa shape index (κ1) is 28.1. The average Bonchev–Trinajstić information content (AvgIpc) is 3.17. The lowest BCUT2D eigenvalue weighted by Crippen LogP contribution is -2.54. The molecule has 0 bridgehead atoms. The van der Waals surface area contributed by atoms with E-state index >= 15 is 0 Å². The van der Waals surface area contributed by atoms with E-state index in [1.165, 1.54) is 12.5 Å². The molecule has 0 aromatic carbocycles. The normalized spacial score (nSPS) is 36.9. The SMILES string of the molecule is CC(=O)O[C@H]1CC[C@H]2[C@@H]3[C@H](C/C=C/C(=O)OCCCCCCO)CC4=CC(=O)CC[C@]4(C)[C@H]3CC[C@]12C. The number of hydrogen-bond donors (Lipinski definition) is 1. The number of allylic oxidation sites excluding steroid dienone is 2. The van der Waals surface area contributed by atoms with Gasteiger partial charge < -0.3 is 14.6 Å². The number of esters is 2. The van der Waals surface area contributed by atoms with Gasteiger partial charge in [0.25, 0.3) is 0 Å². The van der Waals surface area contributed by atoms with Gasteiger partial charge in [-0.25, -0.2) is 4.79 Å². The number of ether oxygens (including phenoxy) is 2. The Morgan fingerprint density at radius 2 is 1.86 bits per heavy atom. The molecule has 6 nitrogen and oxygen atoms in total. The van der Waals surface area contributed by atoms with Crippen molar-refractivity contribution in [3.8, 4) is 0 Å². The molecule has 4 rings (SSSR count). The Bertz CT molecular complexity index is 921. The highest BCUT2D eigenvalue weighted by Crippen LogP contribution is 2.67. The van der Waals surface area contributed by atoms with Crippen LogP contribution in [0.5, 0.6) is 0 Å². The van der Waals surface area contributed by atoms with Gasteiger partial charge in [-0.15, -0.1) is 0 Å². The van der Waals surface area contributed by atoms with E-state index in [9.17, 15) is 14.4 Å². The number of fused-ring (bicyclic) bond motifs is 5. The first-order valence-corrected chi connectivity index (χ1v) is 14.5. The Labute approximate surface area is 222 Å². The maximum atomic E-state index is 12.4. The first-order valence-electron chi connectivity index (χ1n) is 14.5. The Balaban J connectivity index is 1.48. The zero-order valence-corrected chi connectivity index (χ0v) is 23.0. The van der Waals surface area contributed by atoms with Crippen LogP contribution in [0.3, 0.4) is 0 Å². The second-order valence-corrected chi connectivity index (χ2v) is 12.5. The highest BCUT2D eigenvalue weighted by atomic mass is 16.5. The van der Waals surface area contributed by atoms with Crippen molar-refractivity contribution >= 4 is 17.7 Å². The van der Waals surface area contributed by atoms with E-state index in [0.717, 1.165) is 70.6 Å². The molecule has 206 valence electrons. The maximum Gasteiger partial charge on any atom is 0.330 e. The fourth-order valence-electron chi connectivity index (χ4n) is 8.42. The minimum absolute atomic E-state index is 0.00811. The molecule has 1 N–H and O–H groups in total. The predicted octanol–water partition coefficient (Wildman–Crippen LogP) is 5.72. The molecule has 0 aromatic heterocycles. The monoisotopic (exact) mass is 514 g/mol. The van der Waals surface area contributed by atoms with Crippen molar-refractivity contribution in [3.63, 3.8) is 0 Å². The second kappa shape index (κ2) is 11.8. The summed E-state index contributed by atoms with van der Waals surface area (Å²) in [4.78, 5) is 36.5. The van der Waals surface area contributed by atoms with E-state index < -0.39 is 0 Å². The third-order valence-electron chi connectivity index (χ3n) is 10.3.